The lowest BCUT2D eigenvalue weighted by Crippen LogP contribution is -2.24. The molecule has 1 aromatic rings. The van der Waals surface area contributed by atoms with Gasteiger partial charge in [0, 0.05) is 14.1 Å². The van der Waals surface area contributed by atoms with Gasteiger partial charge in [-0.15, -0.1) is 0 Å². The monoisotopic (exact) mass is 237 g/mol. The molecule has 1 atom stereocenters. The maximum absolute atomic E-state index is 11.8. The minimum atomic E-state index is -0.502. The number of aromatic nitrogens is 2. The van der Waals surface area contributed by atoms with Gasteiger partial charge in [-0.1, -0.05) is 0 Å². The van der Waals surface area contributed by atoms with Gasteiger partial charge in [-0.05, 0) is 6.92 Å². The molecule has 1 aromatic heterocycles. The van der Waals surface area contributed by atoms with Crippen LogP contribution in [0, 0.1) is 6.92 Å². The summed E-state index contributed by atoms with van der Waals surface area (Å²) in [6.07, 6.45) is 0. The van der Waals surface area contributed by atoms with E-state index >= 15 is 0 Å². The average molecular weight is 237 g/mol. The Kier molecular flexibility index (Phi) is 2.74. The minimum Gasteiger partial charge on any atom is -0.481 e. The van der Waals surface area contributed by atoms with Crippen LogP contribution in [0.4, 0.5) is 0 Å². The number of aryl methyl sites for hydroxylation is 2. The number of aliphatic imine (C=N–C) groups is 1. The highest BCUT2D eigenvalue weighted by atomic mass is 16.5. The van der Waals surface area contributed by atoms with E-state index in [4.69, 9.17) is 4.74 Å². The van der Waals surface area contributed by atoms with Gasteiger partial charge in [0.1, 0.15) is 6.04 Å². The topological polar surface area (TPSA) is 80.5 Å². The lowest BCUT2D eigenvalue weighted by atomic mass is 10.1. The van der Waals surface area contributed by atoms with Crippen molar-refractivity contribution < 1.29 is 9.53 Å². The van der Waals surface area contributed by atoms with Crippen molar-refractivity contribution in [2.45, 2.75) is 13.0 Å². The van der Waals surface area contributed by atoms with E-state index in [9.17, 15) is 4.79 Å². The standard InChI is InChI=1S/C10H15N5O2/c1-5-6(9(17-4)15(3)14-5)7-8(16)13-10(11-2)12-7/h7H,1-4H3,(H2,11,12,13,16). The van der Waals surface area contributed by atoms with Crippen LogP contribution in [0.2, 0.25) is 0 Å². The maximum Gasteiger partial charge on any atom is 0.254 e. The van der Waals surface area contributed by atoms with Crippen LogP contribution in [-0.4, -0.2) is 35.8 Å². The second kappa shape index (κ2) is 4.08. The molecule has 1 saturated heterocycles. The lowest BCUT2D eigenvalue weighted by molar-refractivity contribution is -0.120. The van der Waals surface area contributed by atoms with Crippen molar-refractivity contribution in [2.75, 3.05) is 14.2 Å². The minimum absolute atomic E-state index is 0.153. The van der Waals surface area contributed by atoms with Gasteiger partial charge >= 0.3 is 0 Å². The molecule has 0 radical (unpaired) electrons. The van der Waals surface area contributed by atoms with E-state index in [1.807, 2.05) is 6.92 Å². The first kappa shape index (κ1) is 11.4. The summed E-state index contributed by atoms with van der Waals surface area (Å²) in [5, 5.41) is 9.88. The zero-order valence-corrected chi connectivity index (χ0v) is 10.2. The van der Waals surface area contributed by atoms with Crippen molar-refractivity contribution in [3.8, 4) is 5.88 Å². The van der Waals surface area contributed by atoms with E-state index in [0.717, 1.165) is 11.3 Å². The molecule has 1 amide bonds. The Morgan fingerprint density at radius 3 is 2.76 bits per heavy atom. The molecule has 7 heteroatoms. The predicted molar refractivity (Wildman–Crippen MR) is 61.9 cm³/mol. The third kappa shape index (κ3) is 1.73. The Hall–Kier alpha value is -2.05. The zero-order valence-electron chi connectivity index (χ0n) is 10.2. The summed E-state index contributed by atoms with van der Waals surface area (Å²) < 4.78 is 6.88. The maximum atomic E-state index is 11.8. The van der Waals surface area contributed by atoms with Crippen LogP contribution in [0.15, 0.2) is 4.99 Å². The first-order valence-electron chi connectivity index (χ1n) is 5.20. The summed E-state index contributed by atoms with van der Waals surface area (Å²) in [7, 11) is 4.94. The lowest BCUT2D eigenvalue weighted by Gasteiger charge is -2.09. The number of carbonyl (C=O) groups excluding carboxylic acids is 1. The zero-order chi connectivity index (χ0) is 12.6. The van der Waals surface area contributed by atoms with Gasteiger partial charge in [-0.3, -0.25) is 15.1 Å². The summed E-state index contributed by atoms with van der Waals surface area (Å²) in [6.45, 7) is 1.84. The van der Waals surface area contributed by atoms with Crippen molar-refractivity contribution in [3.63, 3.8) is 0 Å². The fraction of sp³-hybridized carbons (Fsp3) is 0.500. The fourth-order valence-corrected chi connectivity index (χ4v) is 1.98. The van der Waals surface area contributed by atoms with Gasteiger partial charge in [-0.2, -0.15) is 5.10 Å². The molecular formula is C10H15N5O2. The number of rotatable bonds is 2. The normalized spacial score (nSPS) is 21.5. The third-order valence-electron chi connectivity index (χ3n) is 2.70. The number of nitrogens with one attached hydrogen (secondary N) is 2. The van der Waals surface area contributed by atoms with Crippen LogP contribution in [0.5, 0.6) is 5.88 Å². The van der Waals surface area contributed by atoms with E-state index < -0.39 is 6.04 Å². The molecule has 2 heterocycles. The van der Waals surface area contributed by atoms with Gasteiger partial charge in [0.25, 0.3) is 5.91 Å². The highest BCUT2D eigenvalue weighted by molar-refractivity contribution is 6.07. The Labute approximate surface area is 98.9 Å². The molecule has 0 saturated carbocycles. The molecule has 1 unspecified atom stereocenters. The second-order valence-corrected chi connectivity index (χ2v) is 3.77. The van der Waals surface area contributed by atoms with E-state index in [1.165, 1.54) is 0 Å². The average Bonchev–Trinajstić information content (AvgIpc) is 2.78. The number of nitrogens with zero attached hydrogens (tertiary/aromatic N) is 3. The van der Waals surface area contributed by atoms with Crippen LogP contribution in [0.25, 0.3) is 0 Å². The van der Waals surface area contributed by atoms with Crippen molar-refractivity contribution in [3.05, 3.63) is 11.3 Å². The smallest absolute Gasteiger partial charge is 0.254 e. The van der Waals surface area contributed by atoms with Gasteiger partial charge in [0.15, 0.2) is 5.96 Å². The molecule has 0 aromatic carbocycles. The van der Waals surface area contributed by atoms with Crippen LogP contribution in [-0.2, 0) is 11.8 Å². The first-order chi connectivity index (χ1) is 8.08. The molecule has 1 aliphatic rings. The number of hydrogen-bond acceptors (Lipinski definition) is 4. The summed E-state index contributed by atoms with van der Waals surface area (Å²) in [5.74, 6) is 0.887. The molecule has 1 fully saturated rings. The molecule has 2 N–H and O–H groups in total. The molecule has 0 bridgehead atoms. The number of hydrogen-bond donors (Lipinski definition) is 2. The third-order valence-corrected chi connectivity index (χ3v) is 2.70. The number of guanidine groups is 1. The second-order valence-electron chi connectivity index (χ2n) is 3.77. The number of ether oxygens (including phenoxy) is 1. The highest BCUT2D eigenvalue weighted by Crippen LogP contribution is 2.29. The van der Waals surface area contributed by atoms with Crippen molar-refractivity contribution >= 4 is 11.9 Å². The molecular weight excluding hydrogens is 222 g/mol. The van der Waals surface area contributed by atoms with Crippen molar-refractivity contribution in [1.82, 2.24) is 20.4 Å². The Bertz CT molecular complexity index is 491. The summed E-state index contributed by atoms with van der Waals surface area (Å²) in [6, 6.07) is -0.502. The molecule has 0 spiro atoms. The van der Waals surface area contributed by atoms with E-state index in [2.05, 4.69) is 20.7 Å². The Morgan fingerprint density at radius 1 is 1.53 bits per heavy atom. The summed E-state index contributed by atoms with van der Waals surface area (Å²) in [5.41, 5.74) is 1.50. The van der Waals surface area contributed by atoms with Gasteiger partial charge in [-0.25, -0.2) is 4.68 Å². The predicted octanol–water partition coefficient (Wildman–Crippen LogP) is -0.517. The largest absolute Gasteiger partial charge is 0.481 e. The van der Waals surface area contributed by atoms with Gasteiger partial charge < -0.3 is 10.1 Å². The summed E-state index contributed by atoms with van der Waals surface area (Å²) >= 11 is 0. The molecule has 7 nitrogen and oxygen atoms in total. The number of methoxy groups -OCH3 is 1. The molecule has 2 rings (SSSR count). The SMILES string of the molecule is CN=C1NC(=O)C(c2c(C)nn(C)c2OC)N1. The van der Waals surface area contributed by atoms with Gasteiger partial charge in [0.2, 0.25) is 5.88 Å². The van der Waals surface area contributed by atoms with Crippen molar-refractivity contribution in [2.24, 2.45) is 12.0 Å². The molecule has 92 valence electrons. The highest BCUT2D eigenvalue weighted by Gasteiger charge is 2.35. The van der Waals surface area contributed by atoms with Crippen LogP contribution >= 0.6 is 0 Å². The van der Waals surface area contributed by atoms with E-state index in [0.29, 0.717) is 11.8 Å². The van der Waals surface area contributed by atoms with Crippen LogP contribution in [0.1, 0.15) is 17.3 Å². The first-order valence-corrected chi connectivity index (χ1v) is 5.20. The fourth-order valence-electron chi connectivity index (χ4n) is 1.98. The number of amides is 1. The molecule has 0 aliphatic carbocycles. The quantitative estimate of drug-likeness (QED) is 0.725. The molecule has 1 aliphatic heterocycles. The van der Waals surface area contributed by atoms with Crippen LogP contribution < -0.4 is 15.4 Å². The Balaban J connectivity index is 2.44. The van der Waals surface area contributed by atoms with E-state index in [1.54, 1.807) is 25.9 Å². The van der Waals surface area contributed by atoms with E-state index in [-0.39, 0.29) is 5.91 Å². The van der Waals surface area contributed by atoms with Crippen molar-refractivity contribution in [1.29, 1.82) is 0 Å². The van der Waals surface area contributed by atoms with Crippen LogP contribution in [0.3, 0.4) is 0 Å². The number of carbonyl (C=O) groups is 1. The Morgan fingerprint density at radius 2 is 2.24 bits per heavy atom. The molecule has 17 heavy (non-hydrogen) atoms. The van der Waals surface area contributed by atoms with Gasteiger partial charge in [0.05, 0.1) is 18.4 Å². The summed E-state index contributed by atoms with van der Waals surface area (Å²) in [4.78, 5) is 15.7.